The predicted octanol–water partition coefficient (Wildman–Crippen LogP) is 9.77. The van der Waals surface area contributed by atoms with Gasteiger partial charge in [-0.2, -0.15) is 0 Å². The van der Waals surface area contributed by atoms with Gasteiger partial charge < -0.3 is 15.1 Å². The van der Waals surface area contributed by atoms with E-state index in [2.05, 4.69) is 112 Å². The zero-order valence-electron chi connectivity index (χ0n) is 28.0. The highest BCUT2D eigenvalue weighted by Crippen LogP contribution is 2.51. The number of hydrogen-bond donors (Lipinski definition) is 2. The fourth-order valence-electron chi connectivity index (χ4n) is 7.57. The molecule has 1 heterocycles. The summed E-state index contributed by atoms with van der Waals surface area (Å²) in [6.45, 7) is 13.8. The molecule has 1 atom stereocenters. The Morgan fingerprint density at radius 3 is 2.15 bits per heavy atom. The second-order valence-electron chi connectivity index (χ2n) is 13.5. The molecule has 0 aromatic heterocycles. The van der Waals surface area contributed by atoms with Crippen molar-refractivity contribution < 1.29 is 19.8 Å². The summed E-state index contributed by atoms with van der Waals surface area (Å²) in [5.74, 6) is -1.78. The second kappa shape index (κ2) is 12.6. The summed E-state index contributed by atoms with van der Waals surface area (Å²) >= 11 is 0. The summed E-state index contributed by atoms with van der Waals surface area (Å²) in [4.78, 5) is 25.4. The Kier molecular flexibility index (Phi) is 8.57. The van der Waals surface area contributed by atoms with Gasteiger partial charge in [0.2, 0.25) is 0 Å². The van der Waals surface area contributed by atoms with E-state index >= 15 is 0 Å². The molecule has 6 rings (SSSR count). The van der Waals surface area contributed by atoms with E-state index in [1.54, 1.807) is 12.1 Å². The second-order valence-corrected chi connectivity index (χ2v) is 13.5. The lowest BCUT2D eigenvalue weighted by molar-refractivity contribution is -0.136. The van der Waals surface area contributed by atoms with E-state index < -0.39 is 17.4 Å². The van der Waals surface area contributed by atoms with Gasteiger partial charge >= 0.3 is 11.9 Å². The molecule has 2 N–H and O–H groups in total. The first kappa shape index (κ1) is 32.5. The number of allylic oxidation sites excluding steroid dienone is 5. The predicted molar refractivity (Wildman–Crippen MR) is 196 cm³/mol. The van der Waals surface area contributed by atoms with Crippen LogP contribution < -0.4 is 4.90 Å². The van der Waals surface area contributed by atoms with Crippen LogP contribution in [0.3, 0.4) is 0 Å². The van der Waals surface area contributed by atoms with Crippen molar-refractivity contribution in [1.82, 2.24) is 0 Å². The Bertz CT molecular complexity index is 2140. The number of anilines is 1. The van der Waals surface area contributed by atoms with Crippen LogP contribution in [0.15, 0.2) is 133 Å². The number of aromatic carboxylic acids is 1. The summed E-state index contributed by atoms with van der Waals surface area (Å²) in [6, 6.07) is 32.4. The van der Waals surface area contributed by atoms with Gasteiger partial charge in [0.25, 0.3) is 0 Å². The Labute approximate surface area is 282 Å². The quantitative estimate of drug-likeness (QED) is 0.149. The fraction of sp³-hybridized carbons (Fsp3) is 0.209. The number of carbonyl (C=O) groups is 2. The van der Waals surface area contributed by atoms with E-state index in [1.807, 2.05) is 30.3 Å². The van der Waals surface area contributed by atoms with Crippen LogP contribution in [-0.4, -0.2) is 28.7 Å². The third-order valence-electron chi connectivity index (χ3n) is 10.0. The van der Waals surface area contributed by atoms with Crippen LogP contribution in [0.5, 0.6) is 0 Å². The lowest BCUT2D eigenvalue weighted by atomic mass is 9.69. The van der Waals surface area contributed by atoms with Crippen molar-refractivity contribution in [1.29, 1.82) is 0 Å². The van der Waals surface area contributed by atoms with Crippen LogP contribution in [0, 0.1) is 6.92 Å². The first-order valence-electron chi connectivity index (χ1n) is 16.3. The minimum atomic E-state index is -0.947. The molecule has 48 heavy (non-hydrogen) atoms. The standard InChI is InChI=1S/C43H41NO4/c1-28-17-20-31-12-6-8-14-34(31)39(28)43(5,27-30-18-21-33(22-19-30)41(47)48)29(2)11-10-16-37-42(3,4)40-35-15-9-7-13-32(35)23-24-36(40)44(37)26-25-38(45)46/h6-24H,2,25-27H2,1,3-5H3,(H,45,46)(H,47,48)/b11-10+,37-16+. The molecule has 0 fully saturated rings. The van der Waals surface area contributed by atoms with Crippen molar-refractivity contribution in [2.75, 3.05) is 11.4 Å². The van der Waals surface area contributed by atoms with Crippen molar-refractivity contribution in [2.45, 2.75) is 51.4 Å². The highest BCUT2D eigenvalue weighted by atomic mass is 16.4. The maximum atomic E-state index is 11.7. The van der Waals surface area contributed by atoms with Gasteiger partial charge in [0.15, 0.2) is 0 Å². The maximum Gasteiger partial charge on any atom is 0.335 e. The van der Waals surface area contributed by atoms with Crippen molar-refractivity contribution >= 4 is 39.2 Å². The number of carboxylic acids is 2. The molecular formula is C43H41NO4. The minimum Gasteiger partial charge on any atom is -0.481 e. The van der Waals surface area contributed by atoms with Gasteiger partial charge in [-0.3, -0.25) is 4.79 Å². The number of fused-ring (bicyclic) bond motifs is 4. The molecule has 5 aromatic rings. The monoisotopic (exact) mass is 635 g/mol. The molecule has 5 aromatic carbocycles. The summed E-state index contributed by atoms with van der Waals surface area (Å²) in [5, 5.41) is 23.7. The highest BCUT2D eigenvalue weighted by molar-refractivity contribution is 5.95. The molecule has 5 heteroatoms. The lowest BCUT2D eigenvalue weighted by Crippen LogP contribution is -2.28. The van der Waals surface area contributed by atoms with Crippen LogP contribution in [0.2, 0.25) is 0 Å². The number of rotatable bonds is 10. The van der Waals surface area contributed by atoms with Crippen molar-refractivity contribution in [3.63, 3.8) is 0 Å². The zero-order valence-corrected chi connectivity index (χ0v) is 28.0. The minimum absolute atomic E-state index is 0.0230. The topological polar surface area (TPSA) is 77.8 Å². The third kappa shape index (κ3) is 5.81. The number of nitrogens with zero attached hydrogens (tertiary/aromatic N) is 1. The summed E-state index contributed by atoms with van der Waals surface area (Å²) in [6.07, 6.45) is 6.88. The number of hydrogen-bond acceptors (Lipinski definition) is 3. The Morgan fingerprint density at radius 2 is 1.48 bits per heavy atom. The van der Waals surface area contributed by atoms with Gasteiger partial charge in [0.05, 0.1) is 12.0 Å². The molecule has 1 aliphatic rings. The van der Waals surface area contributed by atoms with E-state index in [4.69, 9.17) is 0 Å². The summed E-state index contributed by atoms with van der Waals surface area (Å²) in [7, 11) is 0. The zero-order chi connectivity index (χ0) is 34.2. The van der Waals surface area contributed by atoms with Gasteiger partial charge in [-0.25, -0.2) is 4.79 Å². The van der Waals surface area contributed by atoms with Crippen LogP contribution in [-0.2, 0) is 22.0 Å². The molecule has 1 unspecified atom stereocenters. The number of carboxylic acid groups (broad SMARTS) is 2. The summed E-state index contributed by atoms with van der Waals surface area (Å²) < 4.78 is 0. The molecule has 0 radical (unpaired) electrons. The van der Waals surface area contributed by atoms with Crippen molar-refractivity contribution in [3.05, 3.63) is 161 Å². The van der Waals surface area contributed by atoms with Crippen molar-refractivity contribution in [2.24, 2.45) is 0 Å². The fourth-order valence-corrected chi connectivity index (χ4v) is 7.57. The molecule has 0 aliphatic carbocycles. The van der Waals surface area contributed by atoms with E-state index in [0.717, 1.165) is 44.2 Å². The Morgan fingerprint density at radius 1 is 0.854 bits per heavy atom. The molecule has 0 saturated carbocycles. The van der Waals surface area contributed by atoms with E-state index in [9.17, 15) is 19.8 Å². The smallest absolute Gasteiger partial charge is 0.335 e. The van der Waals surface area contributed by atoms with Gasteiger partial charge in [-0.15, -0.1) is 0 Å². The number of aryl methyl sites for hydroxylation is 1. The average molecular weight is 636 g/mol. The molecule has 1 aliphatic heterocycles. The number of aliphatic carboxylic acids is 1. The average Bonchev–Trinajstić information content (AvgIpc) is 3.29. The highest BCUT2D eigenvalue weighted by Gasteiger charge is 2.41. The van der Waals surface area contributed by atoms with Crippen molar-refractivity contribution in [3.8, 4) is 0 Å². The Balaban J connectivity index is 1.44. The van der Waals surface area contributed by atoms with E-state index in [1.165, 1.54) is 16.5 Å². The first-order valence-corrected chi connectivity index (χ1v) is 16.3. The molecule has 0 bridgehead atoms. The van der Waals surface area contributed by atoms with E-state index in [-0.39, 0.29) is 17.4 Å². The molecular weight excluding hydrogens is 594 g/mol. The third-order valence-corrected chi connectivity index (χ3v) is 10.0. The molecule has 5 nitrogen and oxygen atoms in total. The molecule has 0 saturated heterocycles. The van der Waals surface area contributed by atoms with Gasteiger partial charge in [-0.1, -0.05) is 118 Å². The largest absolute Gasteiger partial charge is 0.481 e. The van der Waals surface area contributed by atoms with Gasteiger partial charge in [0, 0.05) is 28.8 Å². The molecule has 242 valence electrons. The van der Waals surface area contributed by atoms with E-state index in [0.29, 0.717) is 13.0 Å². The summed E-state index contributed by atoms with van der Waals surface area (Å²) in [5.41, 5.74) is 6.90. The Hall–Kier alpha value is -5.42. The van der Waals surface area contributed by atoms with Crippen LogP contribution in [0.25, 0.3) is 21.5 Å². The molecule has 0 amide bonds. The van der Waals surface area contributed by atoms with Gasteiger partial charge in [0.1, 0.15) is 0 Å². The first-order chi connectivity index (χ1) is 22.9. The SMILES string of the molecule is C=C(/C=C/C=C1/N(CCC(=O)O)c2ccc3ccccc3c2C1(C)C)C(C)(Cc1ccc(C(=O)O)cc1)c1c(C)ccc2ccccc12. The molecule has 0 spiro atoms. The lowest BCUT2D eigenvalue weighted by Gasteiger charge is -2.34. The number of benzene rings is 5. The van der Waals surface area contributed by atoms with Crippen LogP contribution in [0.1, 0.15) is 59.8 Å². The van der Waals surface area contributed by atoms with Crippen LogP contribution in [0.4, 0.5) is 5.69 Å². The van der Waals surface area contributed by atoms with Gasteiger partial charge in [-0.05, 0) is 87.0 Å². The van der Waals surface area contributed by atoms with Crippen LogP contribution >= 0.6 is 0 Å². The maximum absolute atomic E-state index is 11.7. The normalized spacial score (nSPS) is 16.0.